The third kappa shape index (κ3) is 5.34. The molecule has 1 aliphatic carbocycles. The lowest BCUT2D eigenvalue weighted by molar-refractivity contribution is -0.137. The zero-order valence-electron chi connectivity index (χ0n) is 26.2. The number of fused-ring (bicyclic) bond motifs is 3. The van der Waals surface area contributed by atoms with Crippen LogP contribution in [-0.2, 0) is 6.18 Å². The molecule has 5 heterocycles. The van der Waals surface area contributed by atoms with E-state index in [1.165, 1.54) is 0 Å². The van der Waals surface area contributed by atoms with Crippen LogP contribution in [0.2, 0.25) is 0 Å². The maximum atomic E-state index is 16.9. The molecule has 4 aromatic rings. The number of hydrogen-bond donors (Lipinski definition) is 2. The number of piperidine rings is 1. The molecule has 49 heavy (non-hydrogen) atoms. The average Bonchev–Trinajstić information content (AvgIpc) is 3.69. The van der Waals surface area contributed by atoms with Crippen LogP contribution >= 0.6 is 11.3 Å². The summed E-state index contributed by atoms with van der Waals surface area (Å²) in [4.78, 5) is 14.0. The monoisotopic (exact) mass is 702 g/mol. The molecule has 8 nitrogen and oxygen atoms in total. The van der Waals surface area contributed by atoms with Crippen molar-refractivity contribution in [3.63, 3.8) is 0 Å². The molecule has 258 valence electrons. The first-order valence-corrected chi connectivity index (χ1v) is 17.1. The molecule has 8 rings (SSSR count). The molecule has 1 saturated carbocycles. The van der Waals surface area contributed by atoms with Gasteiger partial charge in [0.15, 0.2) is 5.82 Å². The SMILES string of the molecule is [C-]#[N+]c1c(N)sc2c(F)ccc(-c3c(C(F)(F)F)cc4c(OC5CC6(CCNCC6)C5)nc(OC[C@@]56CCCN5C[C@H](F)C6)nc4c3F)c12. The van der Waals surface area contributed by atoms with Crippen molar-refractivity contribution in [2.75, 3.05) is 38.5 Å². The van der Waals surface area contributed by atoms with E-state index in [1.807, 2.05) is 4.90 Å². The Balaban J connectivity index is 1.28. The molecule has 0 amide bonds. The van der Waals surface area contributed by atoms with E-state index in [0.717, 1.165) is 50.6 Å². The normalized spacial score (nSPS) is 24.0. The largest absolute Gasteiger partial charge is 0.474 e. The van der Waals surface area contributed by atoms with E-state index in [1.54, 1.807) is 0 Å². The topological polar surface area (TPSA) is 89.9 Å². The van der Waals surface area contributed by atoms with Crippen molar-refractivity contribution in [3.8, 4) is 23.0 Å². The second-order valence-electron chi connectivity index (χ2n) is 13.8. The summed E-state index contributed by atoms with van der Waals surface area (Å²) >= 11 is 0.702. The minimum absolute atomic E-state index is 0.00808. The molecule has 2 aromatic heterocycles. The Kier molecular flexibility index (Phi) is 7.66. The number of nitrogens with zero attached hydrogens (tertiary/aromatic N) is 4. The minimum Gasteiger partial charge on any atom is -0.474 e. The van der Waals surface area contributed by atoms with Crippen LogP contribution in [0.5, 0.6) is 11.9 Å². The van der Waals surface area contributed by atoms with Crippen LogP contribution < -0.4 is 20.5 Å². The van der Waals surface area contributed by atoms with E-state index in [0.29, 0.717) is 37.1 Å². The number of ether oxygens (including phenoxy) is 2. The van der Waals surface area contributed by atoms with Gasteiger partial charge in [-0.1, -0.05) is 6.07 Å². The number of nitrogens with two attached hydrogens (primary N) is 1. The highest BCUT2D eigenvalue weighted by Crippen LogP contribution is 2.52. The van der Waals surface area contributed by atoms with E-state index in [-0.39, 0.29) is 74.7 Å². The minimum atomic E-state index is -5.08. The summed E-state index contributed by atoms with van der Waals surface area (Å²) in [5, 5.41) is 2.71. The maximum absolute atomic E-state index is 16.9. The molecule has 15 heteroatoms. The number of nitrogen functional groups attached to an aromatic ring is 1. The first kappa shape index (κ1) is 32.3. The smallest absolute Gasteiger partial charge is 0.417 e. The molecule has 3 aliphatic heterocycles. The maximum Gasteiger partial charge on any atom is 0.417 e. The third-order valence-corrected chi connectivity index (χ3v) is 11.9. The predicted molar refractivity (Wildman–Crippen MR) is 173 cm³/mol. The second-order valence-corrected chi connectivity index (χ2v) is 14.9. The van der Waals surface area contributed by atoms with Crippen LogP contribution in [0.4, 0.5) is 37.0 Å². The molecule has 4 aliphatic rings. The Morgan fingerprint density at radius 3 is 2.63 bits per heavy atom. The van der Waals surface area contributed by atoms with Gasteiger partial charge in [-0.3, -0.25) is 4.90 Å². The van der Waals surface area contributed by atoms with Gasteiger partial charge in [-0.25, -0.2) is 18.0 Å². The summed E-state index contributed by atoms with van der Waals surface area (Å²) in [6.07, 6.45) is -1.44. The van der Waals surface area contributed by atoms with Crippen molar-refractivity contribution >= 4 is 43.0 Å². The zero-order valence-corrected chi connectivity index (χ0v) is 27.0. The number of hydrogen-bond acceptors (Lipinski definition) is 8. The molecule has 0 radical (unpaired) electrons. The number of rotatable bonds is 6. The van der Waals surface area contributed by atoms with Gasteiger partial charge in [0.2, 0.25) is 11.6 Å². The predicted octanol–water partition coefficient (Wildman–Crippen LogP) is 7.81. The standard InChI is InChI=1S/C34H32F6N6O2S/c1-42-27-24-19(3-4-22(36)28(24)49-29(27)41)23-21(34(38,39)40)11-20-26(25(23)37)44-31(47-16-33-5-2-10-46(33)15-17(35)12-33)45-30(20)48-18-13-32(14-18)6-8-43-9-7-32/h3-4,11,17-18,43H,2,5-10,12-16,41H2/t17-,33+/m1/s1. The fraction of sp³-hybridized carbons (Fsp3) is 0.500. The van der Waals surface area contributed by atoms with Crippen molar-refractivity contribution in [2.24, 2.45) is 5.41 Å². The van der Waals surface area contributed by atoms with Gasteiger partial charge in [0.1, 0.15) is 30.2 Å². The first-order valence-electron chi connectivity index (χ1n) is 16.3. The Morgan fingerprint density at radius 1 is 1.12 bits per heavy atom. The number of anilines is 1. The van der Waals surface area contributed by atoms with Gasteiger partial charge in [0, 0.05) is 23.9 Å². The van der Waals surface area contributed by atoms with Gasteiger partial charge in [-0.2, -0.15) is 23.1 Å². The Bertz CT molecular complexity index is 2020. The molecule has 1 spiro atoms. The molecule has 2 aromatic carbocycles. The number of thiophene rings is 1. The lowest BCUT2D eigenvalue weighted by atomic mass is 9.62. The molecular weight excluding hydrogens is 670 g/mol. The van der Waals surface area contributed by atoms with E-state index in [4.69, 9.17) is 21.8 Å². The van der Waals surface area contributed by atoms with E-state index < -0.39 is 46.2 Å². The number of benzene rings is 2. The van der Waals surface area contributed by atoms with Gasteiger partial charge in [-0.05, 0) is 81.3 Å². The summed E-state index contributed by atoms with van der Waals surface area (Å²) < 4.78 is 103. The van der Waals surface area contributed by atoms with Crippen molar-refractivity contribution in [2.45, 2.75) is 68.9 Å². The number of aromatic nitrogens is 2. The highest BCUT2D eigenvalue weighted by molar-refractivity contribution is 7.23. The van der Waals surface area contributed by atoms with Crippen LogP contribution in [0.15, 0.2) is 18.2 Å². The van der Waals surface area contributed by atoms with Gasteiger partial charge in [0.25, 0.3) is 0 Å². The Hall–Kier alpha value is -3.87. The summed E-state index contributed by atoms with van der Waals surface area (Å²) in [6, 6.07) is 2.38. The van der Waals surface area contributed by atoms with Crippen molar-refractivity contribution in [1.82, 2.24) is 20.2 Å². The van der Waals surface area contributed by atoms with E-state index >= 15 is 4.39 Å². The summed E-state index contributed by atoms with van der Waals surface area (Å²) in [6.45, 7) is 10.3. The fourth-order valence-corrected chi connectivity index (χ4v) is 9.41. The average molecular weight is 703 g/mol. The second kappa shape index (κ2) is 11.6. The highest BCUT2D eigenvalue weighted by Gasteiger charge is 2.50. The number of halogens is 6. The lowest BCUT2D eigenvalue weighted by Crippen LogP contribution is -2.49. The molecule has 4 fully saturated rings. The van der Waals surface area contributed by atoms with E-state index in [2.05, 4.69) is 20.1 Å². The van der Waals surface area contributed by atoms with Crippen molar-refractivity contribution in [1.29, 1.82) is 0 Å². The van der Waals surface area contributed by atoms with Gasteiger partial charge >= 0.3 is 12.2 Å². The molecule has 0 bridgehead atoms. The summed E-state index contributed by atoms with van der Waals surface area (Å²) in [5.41, 5.74) is 2.07. The van der Waals surface area contributed by atoms with Crippen molar-refractivity contribution < 1.29 is 35.8 Å². The van der Waals surface area contributed by atoms with Crippen molar-refractivity contribution in [3.05, 3.63) is 46.8 Å². The van der Waals surface area contributed by atoms with Crippen LogP contribution in [-0.4, -0.2) is 65.5 Å². The van der Waals surface area contributed by atoms with Crippen LogP contribution in [0.25, 0.3) is 37.0 Å². The van der Waals surface area contributed by atoms with Gasteiger partial charge in [0.05, 0.1) is 32.8 Å². The molecular formula is C34H32F6N6O2S. The van der Waals surface area contributed by atoms with Crippen LogP contribution in [0, 0.1) is 23.6 Å². The Morgan fingerprint density at radius 2 is 1.90 bits per heavy atom. The summed E-state index contributed by atoms with van der Waals surface area (Å²) in [5.74, 6) is -2.40. The van der Waals surface area contributed by atoms with Crippen LogP contribution in [0.3, 0.4) is 0 Å². The molecule has 2 atom stereocenters. The molecule has 0 unspecified atom stereocenters. The fourth-order valence-electron chi connectivity index (χ4n) is 8.47. The molecule has 3 N–H and O–H groups in total. The highest BCUT2D eigenvalue weighted by atomic mass is 32.1. The number of nitrogens with one attached hydrogen (secondary N) is 1. The summed E-state index contributed by atoms with van der Waals surface area (Å²) in [7, 11) is 0. The van der Waals surface area contributed by atoms with Crippen LogP contribution in [0.1, 0.15) is 50.5 Å². The third-order valence-electron chi connectivity index (χ3n) is 10.8. The van der Waals surface area contributed by atoms with E-state index in [9.17, 15) is 22.0 Å². The quantitative estimate of drug-likeness (QED) is 0.157. The Labute approximate surface area is 281 Å². The first-order chi connectivity index (χ1) is 23.4. The molecule has 3 saturated heterocycles. The van der Waals surface area contributed by atoms with Gasteiger partial charge in [-0.15, -0.1) is 11.3 Å². The van der Waals surface area contributed by atoms with Gasteiger partial charge < -0.3 is 20.5 Å². The number of alkyl halides is 4. The zero-order chi connectivity index (χ0) is 34.3. The lowest BCUT2D eigenvalue weighted by Gasteiger charge is -2.49.